The quantitative estimate of drug-likeness (QED) is 0.689. The molecule has 1 heterocycles. The zero-order chi connectivity index (χ0) is 8.65. The fraction of sp³-hybridized carbons (Fsp3) is 0.625. The van der Waals surface area contributed by atoms with Crippen LogP contribution in [-0.4, -0.2) is 23.3 Å². The first-order valence-corrected chi connectivity index (χ1v) is 4.94. The van der Waals surface area contributed by atoms with Crippen LogP contribution in [0.15, 0.2) is 11.6 Å². The van der Waals surface area contributed by atoms with E-state index in [0.29, 0.717) is 6.61 Å². The molecular formula is C8H13NO2S. The van der Waals surface area contributed by atoms with Crippen molar-refractivity contribution in [3.63, 3.8) is 0 Å². The van der Waals surface area contributed by atoms with Crippen LogP contribution in [0.2, 0.25) is 0 Å². The highest BCUT2D eigenvalue weighted by Gasteiger charge is 1.94. The molecule has 0 aliphatic heterocycles. The summed E-state index contributed by atoms with van der Waals surface area (Å²) < 4.78 is 5.32. The van der Waals surface area contributed by atoms with Crippen molar-refractivity contribution in [2.75, 3.05) is 13.2 Å². The molecule has 3 nitrogen and oxygen atoms in total. The van der Waals surface area contributed by atoms with Crippen molar-refractivity contribution in [1.82, 2.24) is 4.98 Å². The molecule has 0 fully saturated rings. The van der Waals surface area contributed by atoms with E-state index in [0.717, 1.165) is 24.5 Å². The van der Waals surface area contributed by atoms with E-state index in [-0.39, 0.29) is 6.61 Å². The molecule has 0 aromatic carbocycles. The van der Waals surface area contributed by atoms with E-state index in [1.165, 1.54) is 11.3 Å². The third kappa shape index (κ3) is 3.69. The summed E-state index contributed by atoms with van der Waals surface area (Å²) in [5.74, 6) is 0. The highest BCUT2D eigenvalue weighted by molar-refractivity contribution is 7.11. The topological polar surface area (TPSA) is 42.4 Å². The molecule has 12 heavy (non-hydrogen) atoms. The number of unbranched alkanes of at least 4 members (excludes halogenated alkanes) is 2. The van der Waals surface area contributed by atoms with Gasteiger partial charge in [-0.05, 0) is 19.3 Å². The summed E-state index contributed by atoms with van der Waals surface area (Å²) in [6.45, 7) is 0.977. The molecule has 0 spiro atoms. The molecule has 1 N–H and O–H groups in total. The summed E-state index contributed by atoms with van der Waals surface area (Å²) >= 11 is 1.50. The van der Waals surface area contributed by atoms with Gasteiger partial charge >= 0.3 is 0 Å². The minimum Gasteiger partial charge on any atom is -0.470 e. The normalized spacial score (nSPS) is 10.1. The molecule has 0 amide bonds. The first kappa shape index (κ1) is 9.48. The van der Waals surface area contributed by atoms with Crippen molar-refractivity contribution < 1.29 is 9.84 Å². The molecule has 4 heteroatoms. The van der Waals surface area contributed by atoms with Crippen LogP contribution >= 0.6 is 11.3 Å². The largest absolute Gasteiger partial charge is 0.470 e. The molecule has 1 aromatic heterocycles. The SMILES string of the molecule is OCCCCCOc1nccs1. The summed E-state index contributed by atoms with van der Waals surface area (Å²) in [5, 5.41) is 11.1. The molecule has 68 valence electrons. The predicted molar refractivity (Wildman–Crippen MR) is 48.5 cm³/mol. The first-order chi connectivity index (χ1) is 5.93. The molecule has 1 aromatic rings. The lowest BCUT2D eigenvalue weighted by Crippen LogP contribution is -1.97. The monoisotopic (exact) mass is 187 g/mol. The van der Waals surface area contributed by atoms with Crippen LogP contribution < -0.4 is 4.74 Å². The smallest absolute Gasteiger partial charge is 0.273 e. The van der Waals surface area contributed by atoms with E-state index in [4.69, 9.17) is 9.84 Å². The number of hydrogen-bond acceptors (Lipinski definition) is 4. The third-order valence-corrected chi connectivity index (χ3v) is 2.12. The second-order valence-electron chi connectivity index (χ2n) is 2.43. The fourth-order valence-corrected chi connectivity index (χ4v) is 1.34. The molecule has 0 bridgehead atoms. The maximum absolute atomic E-state index is 8.50. The number of nitrogens with zero attached hydrogens (tertiary/aromatic N) is 1. The standard InChI is InChI=1S/C8H13NO2S/c10-5-2-1-3-6-11-8-9-4-7-12-8/h4,7,10H,1-3,5-6H2. The van der Waals surface area contributed by atoms with Crippen LogP contribution in [0.3, 0.4) is 0 Å². The van der Waals surface area contributed by atoms with Gasteiger partial charge in [0.1, 0.15) is 0 Å². The minimum absolute atomic E-state index is 0.275. The average molecular weight is 187 g/mol. The summed E-state index contributed by atoms with van der Waals surface area (Å²) in [6.07, 6.45) is 4.59. The number of ether oxygens (including phenoxy) is 1. The predicted octanol–water partition coefficient (Wildman–Crippen LogP) is 1.68. The van der Waals surface area contributed by atoms with Gasteiger partial charge in [0.2, 0.25) is 0 Å². The highest BCUT2D eigenvalue weighted by Crippen LogP contribution is 2.13. The van der Waals surface area contributed by atoms with Crippen LogP contribution in [0.4, 0.5) is 0 Å². The molecule has 0 aliphatic carbocycles. The lowest BCUT2D eigenvalue weighted by atomic mass is 10.2. The van der Waals surface area contributed by atoms with Gasteiger partial charge in [-0.15, -0.1) is 0 Å². The highest BCUT2D eigenvalue weighted by atomic mass is 32.1. The number of aromatic nitrogens is 1. The number of thiazole rings is 1. The average Bonchev–Trinajstić information content (AvgIpc) is 2.57. The van der Waals surface area contributed by atoms with E-state index < -0.39 is 0 Å². The Balaban J connectivity index is 1.96. The van der Waals surface area contributed by atoms with Gasteiger partial charge in [-0.1, -0.05) is 11.3 Å². The Kier molecular flexibility index (Phi) is 4.71. The van der Waals surface area contributed by atoms with E-state index >= 15 is 0 Å². The van der Waals surface area contributed by atoms with E-state index in [2.05, 4.69) is 4.98 Å². The molecule has 0 saturated carbocycles. The molecule has 0 aliphatic rings. The Morgan fingerprint density at radius 2 is 2.33 bits per heavy atom. The summed E-state index contributed by atoms with van der Waals surface area (Å²) in [5.41, 5.74) is 0. The number of aliphatic hydroxyl groups excluding tert-OH is 1. The van der Waals surface area contributed by atoms with Crippen molar-refractivity contribution in [3.05, 3.63) is 11.6 Å². The van der Waals surface area contributed by atoms with Crippen molar-refractivity contribution in [2.45, 2.75) is 19.3 Å². The van der Waals surface area contributed by atoms with Gasteiger partial charge in [-0.3, -0.25) is 0 Å². The van der Waals surface area contributed by atoms with Crippen molar-refractivity contribution >= 4 is 11.3 Å². The zero-order valence-electron chi connectivity index (χ0n) is 6.90. The van der Waals surface area contributed by atoms with Gasteiger partial charge in [-0.2, -0.15) is 0 Å². The second kappa shape index (κ2) is 5.97. The number of aliphatic hydroxyl groups is 1. The molecule has 0 radical (unpaired) electrons. The van der Waals surface area contributed by atoms with Crippen molar-refractivity contribution in [3.8, 4) is 5.19 Å². The van der Waals surface area contributed by atoms with Gasteiger partial charge < -0.3 is 9.84 Å². The maximum Gasteiger partial charge on any atom is 0.273 e. The van der Waals surface area contributed by atoms with Crippen LogP contribution in [0.25, 0.3) is 0 Å². The molecule has 0 atom stereocenters. The van der Waals surface area contributed by atoms with Gasteiger partial charge in [0.15, 0.2) is 0 Å². The van der Waals surface area contributed by atoms with Gasteiger partial charge in [0, 0.05) is 18.2 Å². The van der Waals surface area contributed by atoms with Crippen LogP contribution in [0.5, 0.6) is 5.19 Å². The Morgan fingerprint density at radius 1 is 1.42 bits per heavy atom. The minimum atomic E-state index is 0.275. The Hall–Kier alpha value is -0.610. The lowest BCUT2D eigenvalue weighted by Gasteiger charge is -2.00. The Labute approximate surface area is 76.0 Å². The summed E-state index contributed by atoms with van der Waals surface area (Å²) in [4.78, 5) is 3.98. The van der Waals surface area contributed by atoms with Crippen LogP contribution in [0, 0.1) is 0 Å². The third-order valence-electron chi connectivity index (χ3n) is 1.44. The van der Waals surface area contributed by atoms with E-state index in [9.17, 15) is 0 Å². The molecule has 0 saturated heterocycles. The van der Waals surface area contributed by atoms with E-state index in [1.807, 2.05) is 5.38 Å². The molecule has 1 rings (SSSR count). The molecular weight excluding hydrogens is 174 g/mol. The van der Waals surface area contributed by atoms with Crippen molar-refractivity contribution in [1.29, 1.82) is 0 Å². The summed E-state index contributed by atoms with van der Waals surface area (Å²) in [6, 6.07) is 0. The van der Waals surface area contributed by atoms with E-state index in [1.54, 1.807) is 6.20 Å². The van der Waals surface area contributed by atoms with Gasteiger partial charge in [-0.25, -0.2) is 4.98 Å². The van der Waals surface area contributed by atoms with Crippen LogP contribution in [-0.2, 0) is 0 Å². The van der Waals surface area contributed by atoms with Gasteiger partial charge in [0.25, 0.3) is 5.19 Å². The Morgan fingerprint density at radius 3 is 3.00 bits per heavy atom. The maximum atomic E-state index is 8.50. The van der Waals surface area contributed by atoms with Gasteiger partial charge in [0.05, 0.1) is 6.61 Å². The Bertz CT molecular complexity index is 189. The first-order valence-electron chi connectivity index (χ1n) is 4.06. The number of hydrogen-bond donors (Lipinski definition) is 1. The van der Waals surface area contributed by atoms with Crippen molar-refractivity contribution in [2.24, 2.45) is 0 Å². The van der Waals surface area contributed by atoms with Crippen LogP contribution in [0.1, 0.15) is 19.3 Å². The molecule has 0 unspecified atom stereocenters. The second-order valence-corrected chi connectivity index (χ2v) is 3.29. The lowest BCUT2D eigenvalue weighted by molar-refractivity contribution is 0.265. The number of rotatable bonds is 6. The zero-order valence-corrected chi connectivity index (χ0v) is 7.72. The fourth-order valence-electron chi connectivity index (χ4n) is 0.832. The summed E-state index contributed by atoms with van der Waals surface area (Å²) in [7, 11) is 0.